The number of hydrogen-bond donors (Lipinski definition) is 0. The van der Waals surface area contributed by atoms with Gasteiger partial charge in [0.25, 0.3) is 0 Å². The van der Waals surface area contributed by atoms with Gasteiger partial charge >= 0.3 is 52.4 Å². The molecule has 2 aliphatic rings. The molecule has 6 aromatic carbocycles. The van der Waals surface area contributed by atoms with Crippen LogP contribution in [0.15, 0.2) is 161 Å². The normalized spacial score (nSPS) is 11.5. The summed E-state index contributed by atoms with van der Waals surface area (Å²) in [6, 6.07) is 43.1. The molecule has 0 bridgehead atoms. The maximum atomic E-state index is 4.54. The number of aliphatic imine (C=N–C) groups is 1. The van der Waals surface area contributed by atoms with Crippen molar-refractivity contribution in [2.45, 2.75) is 33.9 Å². The van der Waals surface area contributed by atoms with E-state index in [1.165, 1.54) is 66.1 Å². The van der Waals surface area contributed by atoms with Crippen LogP contribution in [0.3, 0.4) is 0 Å². The van der Waals surface area contributed by atoms with Gasteiger partial charge in [-0.3, -0.25) is 0 Å². The summed E-state index contributed by atoms with van der Waals surface area (Å²) >= 11 is 0. The van der Waals surface area contributed by atoms with Gasteiger partial charge in [-0.05, 0) is 41.9 Å². The predicted octanol–water partition coefficient (Wildman–Crippen LogP) is -0.571. The fraction of sp³-hybridized carbons (Fsp3) is 0.116. The molecule has 0 saturated heterocycles. The number of benzene rings is 4. The summed E-state index contributed by atoms with van der Waals surface area (Å²) in [6.45, 7) is 11.0. The summed E-state index contributed by atoms with van der Waals surface area (Å²) in [5.41, 5.74) is 15.1. The topological polar surface area (TPSA) is 12.4 Å². The molecule has 1 heterocycles. The third-order valence-electron chi connectivity index (χ3n) is 7.99. The fourth-order valence-corrected chi connectivity index (χ4v) is 6.82. The van der Waals surface area contributed by atoms with E-state index in [2.05, 4.69) is 184 Å². The summed E-state index contributed by atoms with van der Waals surface area (Å²) in [5.74, 6) is 0. The number of hydrogen-bond acceptors (Lipinski definition) is 1. The van der Waals surface area contributed by atoms with Gasteiger partial charge in [-0.15, -0.1) is 69.1 Å². The van der Waals surface area contributed by atoms with Crippen LogP contribution in [-0.2, 0) is 52.4 Å². The molecule has 0 spiro atoms. The first-order valence-electron chi connectivity index (χ1n) is 15.6. The molecule has 8 rings (SSSR count). The van der Waals surface area contributed by atoms with Crippen LogP contribution in [0.4, 0.5) is 0 Å². The maximum absolute atomic E-state index is 4.54. The molecule has 0 atom stereocenters. The molecule has 0 aromatic heterocycles. The van der Waals surface area contributed by atoms with Crippen molar-refractivity contribution < 1.29 is 102 Å². The van der Waals surface area contributed by atoms with Crippen molar-refractivity contribution in [1.29, 1.82) is 0 Å². The van der Waals surface area contributed by atoms with E-state index in [0.29, 0.717) is 0 Å². The Bertz CT molecular complexity index is 2040. The summed E-state index contributed by atoms with van der Waals surface area (Å²) in [7, 11) is -0.310. The van der Waals surface area contributed by atoms with Crippen LogP contribution in [0.5, 0.6) is 0 Å². The van der Waals surface area contributed by atoms with Gasteiger partial charge in [-0.1, -0.05) is 117 Å². The summed E-state index contributed by atoms with van der Waals surface area (Å²) in [4.78, 5) is 4.54. The number of fused-ring (bicyclic) bond motifs is 3. The molecule has 0 unspecified atom stereocenters. The second-order valence-electron chi connectivity index (χ2n) is 12.2. The average Bonchev–Trinajstić information content (AvgIpc) is 3.79. The molecule has 8 heteroatoms. The van der Waals surface area contributed by atoms with E-state index in [1.54, 1.807) is 0 Å². The van der Waals surface area contributed by atoms with Gasteiger partial charge in [0.05, 0.1) is 11.4 Å². The fourth-order valence-electron chi connectivity index (χ4n) is 6.08. The first-order chi connectivity index (χ1) is 21.8. The van der Waals surface area contributed by atoms with Gasteiger partial charge in [-0.2, -0.15) is 12.1 Å². The van der Waals surface area contributed by atoms with Crippen molar-refractivity contribution in [3.63, 3.8) is 0 Å². The number of nitrogens with zero attached hydrogens (tertiary/aromatic N) is 1. The molecule has 1 aliphatic heterocycles. The Kier molecular flexibility index (Phi) is 22.0. The van der Waals surface area contributed by atoms with E-state index < -0.39 is 0 Å². The van der Waals surface area contributed by atoms with Gasteiger partial charge in [0.15, 0.2) is 0 Å². The minimum absolute atomic E-state index is 0. The van der Waals surface area contributed by atoms with Crippen molar-refractivity contribution in [2.75, 3.05) is 0 Å². The van der Waals surface area contributed by atoms with E-state index in [-0.39, 0.29) is 110 Å². The number of halogens is 4. The molecule has 1 aliphatic carbocycles. The summed E-state index contributed by atoms with van der Waals surface area (Å²) < 4.78 is 0. The van der Waals surface area contributed by atoms with Gasteiger partial charge in [0.1, 0.15) is 0 Å². The van der Waals surface area contributed by atoms with Crippen LogP contribution in [0.25, 0.3) is 43.8 Å². The molecule has 6 aromatic rings. The number of aryl methyl sites for hydroxylation is 2. The molecule has 0 fully saturated rings. The Balaban J connectivity index is 0.000000698. The maximum Gasteiger partial charge on any atom is 4.00 e. The molecule has 0 saturated carbocycles. The quantitative estimate of drug-likeness (QED) is 0.167. The largest absolute Gasteiger partial charge is 4.00 e. The van der Waals surface area contributed by atoms with E-state index >= 15 is 0 Å². The SMILES string of the molecule is CC1=CC2=NC(C=[Si](C)C)=CC2=C1.Cc1cc2c(-c3ccccc3)cccc2[cH-]1.Cc1cc2c(-c3ccccc3)cccc2[cH-]1.[Cl-].[Cl-].[Cl-].[Cl-].[Zr+4].[Zr+4]. The Morgan fingerprint density at radius 3 is 1.41 bits per heavy atom. The zero-order valence-electron chi connectivity index (χ0n) is 29.3. The van der Waals surface area contributed by atoms with Crippen molar-refractivity contribution >= 4 is 41.3 Å². The zero-order chi connectivity index (χ0) is 31.3. The summed E-state index contributed by atoms with van der Waals surface area (Å²) in [5, 5.41) is 5.37. The van der Waals surface area contributed by atoms with Crippen LogP contribution in [-0.4, -0.2) is 19.8 Å². The van der Waals surface area contributed by atoms with Crippen LogP contribution >= 0.6 is 0 Å². The first-order valence-corrected chi connectivity index (χ1v) is 18.2. The Morgan fingerprint density at radius 2 is 1.00 bits per heavy atom. The molecule has 0 N–H and O–H groups in total. The molecule has 0 amide bonds. The smallest absolute Gasteiger partial charge is 1.00 e. The molecule has 1 nitrogen and oxygen atoms in total. The van der Waals surface area contributed by atoms with E-state index in [0.717, 1.165) is 11.4 Å². The standard InChI is InChI=1S/2C16H13.C11H13NSi.4ClH.2Zr/c2*1-12-10-14-8-5-9-15(16(14)11-12)13-6-3-2-4-7-13;1-8-4-9-6-10(7-13(2)3)12-11(9)5-8;;;;;;/h2*2-11H,1H3;4-7H,1-3H3;4*1H;;/q2*-1;;;;;;2*+4/p-4. The van der Waals surface area contributed by atoms with Gasteiger partial charge in [0.2, 0.25) is 0 Å². The van der Waals surface area contributed by atoms with Crippen LogP contribution in [0.2, 0.25) is 13.1 Å². The van der Waals surface area contributed by atoms with E-state index in [9.17, 15) is 0 Å². The van der Waals surface area contributed by atoms with Gasteiger partial charge < -0.3 is 49.6 Å². The second-order valence-corrected chi connectivity index (χ2v) is 14.6. The van der Waals surface area contributed by atoms with Crippen molar-refractivity contribution in [3.05, 3.63) is 168 Å². The first kappa shape index (κ1) is 49.0. The number of allylic oxidation sites excluding steroid dienone is 6. The van der Waals surface area contributed by atoms with Crippen molar-refractivity contribution in [3.8, 4) is 22.3 Å². The Labute approximate surface area is 368 Å². The molecule has 0 radical (unpaired) electrons. The van der Waals surface area contributed by atoms with Crippen molar-refractivity contribution in [2.24, 2.45) is 4.99 Å². The van der Waals surface area contributed by atoms with Crippen LogP contribution in [0.1, 0.15) is 18.1 Å². The third kappa shape index (κ3) is 12.5. The number of rotatable bonds is 3. The molecule has 254 valence electrons. The Morgan fingerprint density at radius 1 is 0.549 bits per heavy atom. The Hall–Kier alpha value is -2.00. The predicted molar refractivity (Wildman–Crippen MR) is 200 cm³/mol. The minimum atomic E-state index is -0.310. The zero-order valence-corrected chi connectivity index (χ0v) is 38.3. The van der Waals surface area contributed by atoms with E-state index in [1.807, 2.05) is 0 Å². The average molecular weight is 922 g/mol. The second kappa shape index (κ2) is 22.9. The monoisotopic (exact) mass is 917 g/mol. The van der Waals surface area contributed by atoms with Crippen molar-refractivity contribution in [1.82, 2.24) is 0 Å². The molecular weight excluding hydrogens is 883 g/mol. The van der Waals surface area contributed by atoms with E-state index in [4.69, 9.17) is 0 Å². The van der Waals surface area contributed by atoms with Crippen LogP contribution < -0.4 is 49.6 Å². The van der Waals surface area contributed by atoms with Gasteiger partial charge in [0, 0.05) is 14.0 Å². The summed E-state index contributed by atoms with van der Waals surface area (Å²) in [6.07, 6.45) is 6.52. The third-order valence-corrected chi connectivity index (χ3v) is 8.87. The van der Waals surface area contributed by atoms with Crippen LogP contribution in [0, 0.1) is 13.8 Å². The molecule has 51 heavy (non-hydrogen) atoms. The van der Waals surface area contributed by atoms with Gasteiger partial charge in [-0.25, -0.2) is 4.99 Å². The minimum Gasteiger partial charge on any atom is -1.00 e. The molecular formula is C43H39Cl4NSiZr2+2.